The Morgan fingerprint density at radius 3 is 2.67 bits per heavy atom. The molecule has 0 aliphatic rings. The fourth-order valence-corrected chi connectivity index (χ4v) is 1.90. The van der Waals surface area contributed by atoms with Crippen LogP contribution in [0.1, 0.15) is 26.1 Å². The van der Waals surface area contributed by atoms with Crippen LogP contribution in [0.3, 0.4) is 0 Å². The number of Topliss-reactive ketones (excluding diaryl/α,β-unsaturated/α-hetero) is 1. The predicted octanol–water partition coefficient (Wildman–Crippen LogP) is 3.16. The van der Waals surface area contributed by atoms with E-state index < -0.39 is 11.8 Å². The molecule has 1 heterocycles. The number of carboxylic acid groups (broad SMARTS) is 1. The Labute approximate surface area is 128 Å². The first-order valence-electron chi connectivity index (χ1n) is 7.00. The molecule has 0 fully saturated rings. The third-order valence-corrected chi connectivity index (χ3v) is 2.94. The number of hydrogen-bond donors (Lipinski definition) is 2. The van der Waals surface area contributed by atoms with Gasteiger partial charge in [-0.05, 0) is 23.7 Å². The van der Waals surface area contributed by atoms with Gasteiger partial charge in [0, 0.05) is 23.2 Å². The second kappa shape index (κ2) is 6.37. The average Bonchev–Trinajstić information content (AvgIpc) is 2.49. The number of rotatable bonds is 5. The van der Waals surface area contributed by atoms with E-state index in [2.05, 4.69) is 4.98 Å². The molecule has 0 atom stereocenters. The summed E-state index contributed by atoms with van der Waals surface area (Å²) in [5.74, 6) is -2.06. The van der Waals surface area contributed by atoms with E-state index in [1.54, 1.807) is 0 Å². The summed E-state index contributed by atoms with van der Waals surface area (Å²) in [5.41, 5.74) is 0.695. The van der Waals surface area contributed by atoms with Crippen LogP contribution < -0.4 is 0 Å². The first-order chi connectivity index (χ1) is 10.8. The van der Waals surface area contributed by atoms with Gasteiger partial charge in [-0.3, -0.25) is 9.59 Å². The van der Waals surface area contributed by atoms with E-state index in [9.17, 15) is 14.7 Å². The van der Waals surface area contributed by atoms with E-state index in [-0.39, 0.29) is 41.4 Å². The number of nitrogens with zero attached hydrogens (tertiary/aromatic N) is 1. The Bertz CT molecular complexity index is 772. The summed E-state index contributed by atoms with van der Waals surface area (Å²) in [6.45, 7) is 0. The Morgan fingerprint density at radius 2 is 2.05 bits per heavy atom. The first-order valence-corrected chi connectivity index (χ1v) is 6.38. The molecule has 2 rings (SSSR count). The molecule has 21 heavy (non-hydrogen) atoms. The van der Waals surface area contributed by atoms with Crippen molar-refractivity contribution in [1.29, 1.82) is 0 Å². The van der Waals surface area contributed by atoms with Crippen molar-refractivity contribution in [2.24, 2.45) is 0 Å². The zero-order valence-corrected chi connectivity index (χ0v) is 11.5. The van der Waals surface area contributed by atoms with Crippen molar-refractivity contribution < 1.29 is 22.5 Å². The molecule has 1 aromatic heterocycles. The van der Waals surface area contributed by atoms with Crippen molar-refractivity contribution in [2.75, 3.05) is 0 Å². The van der Waals surface area contributed by atoms with Gasteiger partial charge in [-0.1, -0.05) is 23.7 Å². The molecule has 0 unspecified atom stereocenters. The first kappa shape index (κ1) is 12.3. The SMILES string of the molecule is [2H]c1cc(-c2cnc(C(=O)CCC(=O)O)c(O)c2)cc(Cl)c1[2H]. The van der Waals surface area contributed by atoms with Crippen molar-refractivity contribution in [3.8, 4) is 16.9 Å². The lowest BCUT2D eigenvalue weighted by molar-refractivity contribution is -0.136. The standard InChI is InChI=1S/C15H12ClNO4/c16-11-3-1-2-9(6-11)10-7-13(19)15(17-8-10)12(18)4-5-14(20)21/h1-3,6-8,19H,4-5H2,(H,20,21)/i1D,3D. The number of carboxylic acids is 1. The van der Waals surface area contributed by atoms with Gasteiger partial charge < -0.3 is 10.2 Å². The van der Waals surface area contributed by atoms with Crippen LogP contribution in [-0.2, 0) is 4.79 Å². The monoisotopic (exact) mass is 307 g/mol. The Morgan fingerprint density at radius 1 is 1.29 bits per heavy atom. The zero-order valence-electron chi connectivity index (χ0n) is 12.8. The minimum absolute atomic E-state index is 0.0754. The topological polar surface area (TPSA) is 87.5 Å². The number of aromatic hydroxyl groups is 1. The van der Waals surface area contributed by atoms with Crippen molar-refractivity contribution >= 4 is 23.4 Å². The van der Waals surface area contributed by atoms with Crippen LogP contribution in [0.2, 0.25) is 5.02 Å². The van der Waals surface area contributed by atoms with E-state index in [1.807, 2.05) is 0 Å². The molecule has 0 aliphatic carbocycles. The summed E-state index contributed by atoms with van der Waals surface area (Å²) in [6, 6.07) is 3.97. The quantitative estimate of drug-likeness (QED) is 0.828. The zero-order chi connectivity index (χ0) is 17.1. The molecule has 0 saturated carbocycles. The highest BCUT2D eigenvalue weighted by Crippen LogP contribution is 2.27. The number of aliphatic carboxylic acids is 1. The summed E-state index contributed by atoms with van der Waals surface area (Å²) in [4.78, 5) is 26.1. The lowest BCUT2D eigenvalue weighted by atomic mass is 10.1. The van der Waals surface area contributed by atoms with Gasteiger partial charge in [-0.15, -0.1) is 0 Å². The highest BCUT2D eigenvalue weighted by atomic mass is 35.5. The van der Waals surface area contributed by atoms with Gasteiger partial charge in [0.05, 0.1) is 9.16 Å². The molecule has 5 nitrogen and oxygen atoms in total. The number of hydrogen-bond acceptors (Lipinski definition) is 4. The number of benzene rings is 1. The predicted molar refractivity (Wildman–Crippen MR) is 77.5 cm³/mol. The highest BCUT2D eigenvalue weighted by molar-refractivity contribution is 6.30. The largest absolute Gasteiger partial charge is 0.506 e. The van der Waals surface area contributed by atoms with Crippen LogP contribution >= 0.6 is 11.6 Å². The van der Waals surface area contributed by atoms with Crippen molar-refractivity contribution in [3.05, 3.63) is 47.2 Å². The number of ketones is 1. The minimum Gasteiger partial charge on any atom is -0.506 e. The average molecular weight is 308 g/mol. The minimum atomic E-state index is -1.11. The summed E-state index contributed by atoms with van der Waals surface area (Å²) < 4.78 is 15.2. The smallest absolute Gasteiger partial charge is 0.303 e. The number of aromatic nitrogens is 1. The van der Waals surface area contributed by atoms with Gasteiger partial charge in [0.2, 0.25) is 0 Å². The summed E-state index contributed by atoms with van der Waals surface area (Å²) >= 11 is 5.86. The van der Waals surface area contributed by atoms with Crippen LogP contribution in [0.4, 0.5) is 0 Å². The van der Waals surface area contributed by atoms with E-state index in [1.165, 1.54) is 24.4 Å². The summed E-state index contributed by atoms with van der Waals surface area (Å²) in [6.07, 6.45) is 0.721. The fraction of sp³-hybridized carbons (Fsp3) is 0.133. The fourth-order valence-electron chi connectivity index (χ4n) is 1.73. The molecule has 0 aliphatic heterocycles. The number of carbonyl (C=O) groups excluding carboxylic acids is 1. The third-order valence-electron chi connectivity index (χ3n) is 2.73. The van der Waals surface area contributed by atoms with Crippen LogP contribution in [0.25, 0.3) is 11.1 Å². The van der Waals surface area contributed by atoms with Crippen molar-refractivity contribution in [2.45, 2.75) is 12.8 Å². The lowest BCUT2D eigenvalue weighted by Crippen LogP contribution is -2.06. The number of carbonyl (C=O) groups is 2. The Hall–Kier alpha value is -2.40. The molecule has 0 radical (unpaired) electrons. The van der Waals surface area contributed by atoms with E-state index in [4.69, 9.17) is 19.4 Å². The van der Waals surface area contributed by atoms with Gasteiger partial charge in [0.15, 0.2) is 5.78 Å². The highest BCUT2D eigenvalue weighted by Gasteiger charge is 2.15. The maximum Gasteiger partial charge on any atom is 0.303 e. The van der Waals surface area contributed by atoms with E-state index >= 15 is 0 Å². The van der Waals surface area contributed by atoms with E-state index in [0.717, 1.165) is 0 Å². The Balaban J connectivity index is 2.32. The molecule has 1 aromatic carbocycles. The number of halogens is 1. The molecule has 2 N–H and O–H groups in total. The second-order valence-electron chi connectivity index (χ2n) is 4.27. The molecule has 0 saturated heterocycles. The van der Waals surface area contributed by atoms with Crippen molar-refractivity contribution in [1.82, 2.24) is 4.98 Å². The summed E-state index contributed by atoms with van der Waals surface area (Å²) in [7, 11) is 0. The van der Waals surface area contributed by atoms with Gasteiger partial charge in [-0.25, -0.2) is 4.98 Å². The number of pyridine rings is 1. The third kappa shape index (κ3) is 3.79. The molecule has 0 spiro atoms. The molecular weight excluding hydrogens is 294 g/mol. The molecule has 2 aromatic rings. The Kier molecular flexibility index (Phi) is 3.74. The van der Waals surface area contributed by atoms with Gasteiger partial charge in [-0.2, -0.15) is 0 Å². The van der Waals surface area contributed by atoms with Crippen LogP contribution in [0, 0.1) is 0 Å². The van der Waals surface area contributed by atoms with Crippen molar-refractivity contribution in [3.63, 3.8) is 0 Å². The van der Waals surface area contributed by atoms with E-state index in [0.29, 0.717) is 11.1 Å². The molecule has 108 valence electrons. The van der Waals surface area contributed by atoms with Gasteiger partial charge >= 0.3 is 5.97 Å². The maximum atomic E-state index is 11.8. The molecule has 0 bridgehead atoms. The molecule has 6 heteroatoms. The van der Waals surface area contributed by atoms with Gasteiger partial charge in [0.25, 0.3) is 0 Å². The van der Waals surface area contributed by atoms with Crippen LogP contribution in [0.5, 0.6) is 5.75 Å². The second-order valence-corrected chi connectivity index (χ2v) is 4.68. The maximum absolute atomic E-state index is 11.8. The normalized spacial score (nSPS) is 11.7. The van der Waals surface area contributed by atoms with Crippen LogP contribution in [-0.4, -0.2) is 26.9 Å². The van der Waals surface area contributed by atoms with Crippen LogP contribution in [0.15, 0.2) is 36.5 Å². The molecule has 0 amide bonds. The molecular formula is C15H12ClNO4. The van der Waals surface area contributed by atoms with Gasteiger partial charge in [0.1, 0.15) is 11.4 Å². The lowest BCUT2D eigenvalue weighted by Gasteiger charge is -2.06. The summed E-state index contributed by atoms with van der Waals surface area (Å²) in [5, 5.41) is 18.6.